The average Bonchev–Trinajstić information content (AvgIpc) is 3.24. The van der Waals surface area contributed by atoms with E-state index >= 15 is 0 Å². The Kier molecular flexibility index (Phi) is 5.17. The van der Waals surface area contributed by atoms with E-state index in [9.17, 15) is 4.79 Å². The monoisotopic (exact) mass is 373 g/mol. The molecule has 0 atom stereocenters. The van der Waals surface area contributed by atoms with Crippen molar-refractivity contribution in [2.24, 2.45) is 0 Å². The molecule has 1 amide bonds. The molecule has 1 aliphatic heterocycles. The first-order valence-electron chi connectivity index (χ1n) is 8.92. The van der Waals surface area contributed by atoms with Crippen molar-refractivity contribution in [3.05, 3.63) is 72.4 Å². The topological polar surface area (TPSA) is 36.4 Å². The van der Waals surface area contributed by atoms with Crippen molar-refractivity contribution in [2.45, 2.75) is 0 Å². The molecule has 3 aromatic rings. The van der Waals surface area contributed by atoms with Crippen molar-refractivity contribution in [1.29, 1.82) is 0 Å². The van der Waals surface area contributed by atoms with Crippen LogP contribution in [-0.2, 0) is 4.79 Å². The van der Waals surface area contributed by atoms with E-state index in [4.69, 9.17) is 0 Å². The molecule has 27 heavy (non-hydrogen) atoms. The van der Waals surface area contributed by atoms with Gasteiger partial charge in [-0.1, -0.05) is 65.8 Å². The van der Waals surface area contributed by atoms with Gasteiger partial charge in [0, 0.05) is 43.9 Å². The predicted molar refractivity (Wildman–Crippen MR) is 110 cm³/mol. The molecule has 0 bridgehead atoms. The van der Waals surface area contributed by atoms with Gasteiger partial charge in [0.05, 0.1) is 4.88 Å². The third-order valence-electron chi connectivity index (χ3n) is 4.48. The molecular weight excluding hydrogens is 354 g/mol. The van der Waals surface area contributed by atoms with Gasteiger partial charge in [0.15, 0.2) is 5.13 Å². The van der Waals surface area contributed by atoms with Crippen LogP contribution in [0.1, 0.15) is 5.56 Å². The van der Waals surface area contributed by atoms with Gasteiger partial charge < -0.3 is 9.80 Å². The summed E-state index contributed by atoms with van der Waals surface area (Å²) in [6.07, 6.45) is 1.93. The fraction of sp³-hybridized carbons (Fsp3) is 0.182. The smallest absolute Gasteiger partial charge is 0.298 e. The summed E-state index contributed by atoms with van der Waals surface area (Å²) in [5.74, 6) is 5.59. The zero-order valence-electron chi connectivity index (χ0n) is 14.8. The van der Waals surface area contributed by atoms with Crippen LogP contribution < -0.4 is 4.90 Å². The number of aromatic nitrogens is 1. The molecule has 1 aromatic heterocycles. The van der Waals surface area contributed by atoms with E-state index in [0.717, 1.165) is 28.7 Å². The number of hydrogen-bond donors (Lipinski definition) is 0. The van der Waals surface area contributed by atoms with E-state index in [1.54, 1.807) is 11.3 Å². The Hall–Kier alpha value is -3.10. The van der Waals surface area contributed by atoms with E-state index < -0.39 is 0 Å². The van der Waals surface area contributed by atoms with Gasteiger partial charge in [-0.05, 0) is 17.7 Å². The molecule has 134 valence electrons. The summed E-state index contributed by atoms with van der Waals surface area (Å²) in [6, 6.07) is 19.9. The van der Waals surface area contributed by atoms with Crippen molar-refractivity contribution in [2.75, 3.05) is 31.1 Å². The fourth-order valence-corrected chi connectivity index (χ4v) is 3.95. The Bertz CT molecular complexity index is 965. The standard InChI is InChI=1S/C22H19N3OS/c26-21(12-11-18-7-3-1-4-8-18)24-13-15-25(16-14-24)22-23-17-20(27-22)19-9-5-2-6-10-19/h1-10,17H,13-16H2. The maximum Gasteiger partial charge on any atom is 0.298 e. The number of hydrogen-bond acceptors (Lipinski definition) is 4. The van der Waals surface area contributed by atoms with Crippen LogP contribution >= 0.6 is 11.3 Å². The molecule has 0 spiro atoms. The summed E-state index contributed by atoms with van der Waals surface area (Å²) < 4.78 is 0. The Labute approximate surface area is 163 Å². The van der Waals surface area contributed by atoms with Crippen molar-refractivity contribution in [3.63, 3.8) is 0 Å². The van der Waals surface area contributed by atoms with E-state index in [1.165, 1.54) is 5.56 Å². The van der Waals surface area contributed by atoms with Gasteiger partial charge in [-0.3, -0.25) is 4.79 Å². The quantitative estimate of drug-likeness (QED) is 0.645. The molecule has 1 saturated heterocycles. The molecule has 1 fully saturated rings. The minimum atomic E-state index is -0.109. The van der Waals surface area contributed by atoms with Crippen LogP contribution in [0.15, 0.2) is 66.9 Å². The zero-order chi connectivity index (χ0) is 18.5. The first kappa shape index (κ1) is 17.3. The third-order valence-corrected chi connectivity index (χ3v) is 5.58. The second kappa shape index (κ2) is 8.07. The highest BCUT2D eigenvalue weighted by atomic mass is 32.1. The minimum absolute atomic E-state index is 0.109. The van der Waals surface area contributed by atoms with Gasteiger partial charge >= 0.3 is 0 Å². The van der Waals surface area contributed by atoms with E-state index in [-0.39, 0.29) is 5.91 Å². The largest absolute Gasteiger partial charge is 0.345 e. The molecule has 2 heterocycles. The minimum Gasteiger partial charge on any atom is -0.345 e. The number of rotatable bonds is 2. The summed E-state index contributed by atoms with van der Waals surface area (Å²) >= 11 is 1.69. The molecule has 0 unspecified atom stereocenters. The normalized spacial score (nSPS) is 13.8. The van der Waals surface area contributed by atoms with Crippen LogP contribution in [0, 0.1) is 11.8 Å². The fourth-order valence-electron chi connectivity index (χ4n) is 2.97. The number of anilines is 1. The summed E-state index contributed by atoms with van der Waals surface area (Å²) in [7, 11) is 0. The van der Waals surface area contributed by atoms with Crippen molar-refractivity contribution in [1.82, 2.24) is 9.88 Å². The maximum atomic E-state index is 12.3. The van der Waals surface area contributed by atoms with Crippen molar-refractivity contribution in [3.8, 4) is 22.3 Å². The molecule has 4 nitrogen and oxygen atoms in total. The van der Waals surface area contributed by atoms with E-state index in [1.807, 2.05) is 59.6 Å². The second-order valence-electron chi connectivity index (χ2n) is 6.27. The first-order valence-corrected chi connectivity index (χ1v) is 9.73. The van der Waals surface area contributed by atoms with Gasteiger partial charge in [-0.2, -0.15) is 0 Å². The second-order valence-corrected chi connectivity index (χ2v) is 7.28. The van der Waals surface area contributed by atoms with Crippen LogP contribution in [0.4, 0.5) is 5.13 Å². The number of benzene rings is 2. The summed E-state index contributed by atoms with van der Waals surface area (Å²) in [6.45, 7) is 2.89. The van der Waals surface area contributed by atoms with Crippen LogP contribution in [0.5, 0.6) is 0 Å². The lowest BCUT2D eigenvalue weighted by Gasteiger charge is -2.33. The van der Waals surface area contributed by atoms with Gasteiger partial charge in [0.25, 0.3) is 5.91 Å². The Morgan fingerprint density at radius 1 is 0.926 bits per heavy atom. The predicted octanol–water partition coefficient (Wildman–Crippen LogP) is 3.51. The molecule has 4 rings (SSSR count). The molecular formula is C22H19N3OS. The number of piperazine rings is 1. The van der Waals surface area contributed by atoms with Gasteiger partial charge in [0.1, 0.15) is 0 Å². The number of thiazole rings is 1. The molecule has 0 aliphatic carbocycles. The summed E-state index contributed by atoms with van der Waals surface area (Å²) in [4.78, 5) is 22.1. The molecule has 5 heteroatoms. The number of carbonyl (C=O) groups is 1. The highest BCUT2D eigenvalue weighted by Gasteiger charge is 2.22. The van der Waals surface area contributed by atoms with E-state index in [2.05, 4.69) is 33.9 Å². The van der Waals surface area contributed by atoms with Crippen molar-refractivity contribution < 1.29 is 4.79 Å². The lowest BCUT2D eigenvalue weighted by atomic mass is 10.2. The van der Waals surface area contributed by atoms with Gasteiger partial charge in [-0.25, -0.2) is 4.98 Å². The summed E-state index contributed by atoms with van der Waals surface area (Å²) in [5, 5.41) is 1.01. The highest BCUT2D eigenvalue weighted by Crippen LogP contribution is 2.31. The first-order chi connectivity index (χ1) is 13.3. The van der Waals surface area contributed by atoms with Crippen LogP contribution in [0.25, 0.3) is 10.4 Å². The lowest BCUT2D eigenvalue weighted by Crippen LogP contribution is -2.48. The number of amides is 1. The molecule has 1 aliphatic rings. The average molecular weight is 373 g/mol. The van der Waals surface area contributed by atoms with Crippen LogP contribution in [-0.4, -0.2) is 42.0 Å². The van der Waals surface area contributed by atoms with Gasteiger partial charge in [-0.15, -0.1) is 0 Å². The Morgan fingerprint density at radius 2 is 1.59 bits per heavy atom. The Balaban J connectivity index is 1.36. The van der Waals surface area contributed by atoms with Gasteiger partial charge in [0.2, 0.25) is 0 Å². The SMILES string of the molecule is O=C(C#Cc1ccccc1)N1CCN(c2ncc(-c3ccccc3)s2)CC1. The van der Waals surface area contributed by atoms with Crippen LogP contribution in [0.3, 0.4) is 0 Å². The zero-order valence-corrected chi connectivity index (χ0v) is 15.7. The Morgan fingerprint density at radius 3 is 2.30 bits per heavy atom. The number of carbonyl (C=O) groups excluding carboxylic acids is 1. The highest BCUT2D eigenvalue weighted by molar-refractivity contribution is 7.18. The van der Waals surface area contributed by atoms with Crippen LogP contribution in [0.2, 0.25) is 0 Å². The lowest BCUT2D eigenvalue weighted by molar-refractivity contribution is -0.125. The maximum absolute atomic E-state index is 12.3. The molecule has 2 aromatic carbocycles. The van der Waals surface area contributed by atoms with E-state index in [0.29, 0.717) is 13.1 Å². The number of nitrogens with zero attached hydrogens (tertiary/aromatic N) is 3. The third kappa shape index (κ3) is 4.18. The molecule has 0 N–H and O–H groups in total. The molecule has 0 radical (unpaired) electrons. The summed E-state index contributed by atoms with van der Waals surface area (Å²) in [5.41, 5.74) is 2.05. The van der Waals surface area contributed by atoms with Crippen molar-refractivity contribution >= 4 is 22.4 Å². The molecule has 0 saturated carbocycles.